The van der Waals surface area contributed by atoms with Gasteiger partial charge in [0.25, 0.3) is 0 Å². The molecule has 0 spiro atoms. The van der Waals surface area contributed by atoms with Gasteiger partial charge in [-0.2, -0.15) is 0 Å². The SMILES string of the molecule is CC(C)c1ccnc2c1N(C(C)C)CC2. The number of fused-ring (bicyclic) bond motifs is 1. The Morgan fingerprint density at radius 2 is 2.00 bits per heavy atom. The van der Waals surface area contributed by atoms with Crippen molar-refractivity contribution in [3.8, 4) is 0 Å². The molecule has 0 saturated heterocycles. The topological polar surface area (TPSA) is 16.1 Å². The molecular formula is C13H20N2. The van der Waals surface area contributed by atoms with Gasteiger partial charge >= 0.3 is 0 Å². The van der Waals surface area contributed by atoms with Crippen molar-refractivity contribution >= 4 is 5.69 Å². The van der Waals surface area contributed by atoms with Crippen LogP contribution in [0.4, 0.5) is 5.69 Å². The fraction of sp³-hybridized carbons (Fsp3) is 0.615. The highest BCUT2D eigenvalue weighted by molar-refractivity contribution is 5.62. The van der Waals surface area contributed by atoms with Crippen LogP contribution >= 0.6 is 0 Å². The van der Waals surface area contributed by atoms with Gasteiger partial charge in [-0.15, -0.1) is 0 Å². The summed E-state index contributed by atoms with van der Waals surface area (Å²) in [5.41, 5.74) is 4.14. The fourth-order valence-electron chi connectivity index (χ4n) is 2.35. The van der Waals surface area contributed by atoms with Gasteiger partial charge in [-0.05, 0) is 31.4 Å². The summed E-state index contributed by atoms with van der Waals surface area (Å²) in [4.78, 5) is 6.98. The largest absolute Gasteiger partial charge is 0.367 e. The normalized spacial score (nSPS) is 15.2. The van der Waals surface area contributed by atoms with Crippen LogP contribution in [0.3, 0.4) is 0 Å². The van der Waals surface area contributed by atoms with Gasteiger partial charge in [-0.3, -0.25) is 4.98 Å². The minimum atomic E-state index is 0.577. The van der Waals surface area contributed by atoms with Crippen LogP contribution in [0.5, 0.6) is 0 Å². The van der Waals surface area contributed by atoms with Gasteiger partial charge in [0, 0.05) is 25.2 Å². The molecule has 2 heterocycles. The van der Waals surface area contributed by atoms with Crippen LogP contribution in [-0.4, -0.2) is 17.6 Å². The lowest BCUT2D eigenvalue weighted by molar-refractivity contribution is 0.703. The van der Waals surface area contributed by atoms with E-state index < -0.39 is 0 Å². The zero-order valence-electron chi connectivity index (χ0n) is 10.1. The van der Waals surface area contributed by atoms with Gasteiger partial charge in [-0.25, -0.2) is 0 Å². The summed E-state index contributed by atoms with van der Waals surface area (Å²) < 4.78 is 0. The van der Waals surface area contributed by atoms with Crippen molar-refractivity contribution in [1.82, 2.24) is 4.98 Å². The van der Waals surface area contributed by atoms with E-state index in [1.54, 1.807) is 0 Å². The number of anilines is 1. The molecular weight excluding hydrogens is 184 g/mol. The number of hydrogen-bond acceptors (Lipinski definition) is 2. The Labute approximate surface area is 92.3 Å². The Morgan fingerprint density at radius 1 is 1.27 bits per heavy atom. The van der Waals surface area contributed by atoms with Crippen molar-refractivity contribution in [3.63, 3.8) is 0 Å². The van der Waals surface area contributed by atoms with Gasteiger partial charge < -0.3 is 4.90 Å². The lowest BCUT2D eigenvalue weighted by Crippen LogP contribution is -2.29. The summed E-state index contributed by atoms with van der Waals surface area (Å²) in [7, 11) is 0. The van der Waals surface area contributed by atoms with E-state index in [9.17, 15) is 0 Å². The third-order valence-electron chi connectivity index (χ3n) is 3.15. The molecule has 1 aliphatic heterocycles. The molecule has 0 aliphatic carbocycles. The van der Waals surface area contributed by atoms with E-state index in [1.165, 1.54) is 16.9 Å². The Bertz CT molecular complexity index is 356. The summed E-state index contributed by atoms with van der Waals surface area (Å²) in [6.45, 7) is 10.2. The maximum Gasteiger partial charge on any atom is 0.0657 e. The van der Waals surface area contributed by atoms with Crippen LogP contribution in [0.25, 0.3) is 0 Å². The highest BCUT2D eigenvalue weighted by Crippen LogP contribution is 2.35. The quantitative estimate of drug-likeness (QED) is 0.736. The van der Waals surface area contributed by atoms with Gasteiger partial charge in [0.05, 0.1) is 11.4 Å². The molecule has 0 bridgehead atoms. The Morgan fingerprint density at radius 3 is 2.60 bits per heavy atom. The Kier molecular flexibility index (Phi) is 2.68. The third-order valence-corrected chi connectivity index (χ3v) is 3.15. The van der Waals surface area contributed by atoms with E-state index in [0.717, 1.165) is 13.0 Å². The van der Waals surface area contributed by atoms with Crippen molar-refractivity contribution in [2.45, 2.75) is 46.1 Å². The van der Waals surface area contributed by atoms with Crippen LogP contribution < -0.4 is 4.90 Å². The molecule has 0 saturated carbocycles. The van der Waals surface area contributed by atoms with E-state index in [0.29, 0.717) is 12.0 Å². The number of hydrogen-bond donors (Lipinski definition) is 0. The molecule has 0 N–H and O–H groups in total. The monoisotopic (exact) mass is 204 g/mol. The molecule has 0 atom stereocenters. The molecule has 1 aromatic heterocycles. The maximum atomic E-state index is 4.49. The molecule has 0 unspecified atom stereocenters. The van der Waals surface area contributed by atoms with E-state index in [4.69, 9.17) is 0 Å². The first-order valence-corrected chi connectivity index (χ1v) is 5.85. The van der Waals surface area contributed by atoms with Crippen molar-refractivity contribution < 1.29 is 0 Å². The van der Waals surface area contributed by atoms with Crippen LogP contribution in [0.2, 0.25) is 0 Å². The highest BCUT2D eigenvalue weighted by atomic mass is 15.2. The van der Waals surface area contributed by atoms with E-state index in [1.807, 2.05) is 6.20 Å². The fourth-order valence-corrected chi connectivity index (χ4v) is 2.35. The predicted molar refractivity (Wildman–Crippen MR) is 64.5 cm³/mol. The minimum absolute atomic E-state index is 0.577. The van der Waals surface area contributed by atoms with E-state index in [2.05, 4.69) is 43.6 Å². The van der Waals surface area contributed by atoms with E-state index >= 15 is 0 Å². The first-order chi connectivity index (χ1) is 7.11. The molecule has 2 heteroatoms. The second-order valence-corrected chi connectivity index (χ2v) is 4.89. The summed E-state index contributed by atoms with van der Waals surface area (Å²) in [6.07, 6.45) is 3.06. The van der Waals surface area contributed by atoms with Gasteiger partial charge in [0.1, 0.15) is 0 Å². The predicted octanol–water partition coefficient (Wildman–Crippen LogP) is 2.98. The second kappa shape index (κ2) is 3.84. The van der Waals surface area contributed by atoms with Gasteiger partial charge in [0.15, 0.2) is 0 Å². The first kappa shape index (κ1) is 10.5. The molecule has 1 aliphatic rings. The second-order valence-electron chi connectivity index (χ2n) is 4.89. The van der Waals surface area contributed by atoms with Crippen LogP contribution in [0, 0.1) is 0 Å². The molecule has 0 radical (unpaired) electrons. The van der Waals surface area contributed by atoms with E-state index in [-0.39, 0.29) is 0 Å². The standard InChI is InChI=1S/C13H20N2/c1-9(2)11-5-7-14-12-6-8-15(10(3)4)13(11)12/h5,7,9-10H,6,8H2,1-4H3. The van der Waals surface area contributed by atoms with Crippen molar-refractivity contribution in [3.05, 3.63) is 23.5 Å². The summed E-state index contributed by atoms with van der Waals surface area (Å²) in [6, 6.07) is 2.75. The number of rotatable bonds is 2. The average molecular weight is 204 g/mol. The maximum absolute atomic E-state index is 4.49. The zero-order chi connectivity index (χ0) is 11.0. The van der Waals surface area contributed by atoms with Crippen molar-refractivity contribution in [2.75, 3.05) is 11.4 Å². The van der Waals surface area contributed by atoms with Crippen LogP contribution in [0.1, 0.15) is 44.9 Å². The lowest BCUT2D eigenvalue weighted by atomic mass is 10.0. The van der Waals surface area contributed by atoms with Crippen LogP contribution in [-0.2, 0) is 6.42 Å². The molecule has 0 amide bonds. The molecule has 82 valence electrons. The molecule has 2 rings (SSSR count). The van der Waals surface area contributed by atoms with Crippen LogP contribution in [0.15, 0.2) is 12.3 Å². The smallest absolute Gasteiger partial charge is 0.0657 e. The summed E-state index contributed by atoms with van der Waals surface area (Å²) >= 11 is 0. The Hall–Kier alpha value is -1.05. The summed E-state index contributed by atoms with van der Waals surface area (Å²) in [5, 5.41) is 0. The molecule has 15 heavy (non-hydrogen) atoms. The van der Waals surface area contributed by atoms with Crippen molar-refractivity contribution in [1.29, 1.82) is 0 Å². The average Bonchev–Trinajstić information content (AvgIpc) is 2.60. The summed E-state index contributed by atoms with van der Waals surface area (Å²) in [5.74, 6) is 0.584. The zero-order valence-corrected chi connectivity index (χ0v) is 10.1. The minimum Gasteiger partial charge on any atom is -0.367 e. The van der Waals surface area contributed by atoms with Gasteiger partial charge in [0.2, 0.25) is 0 Å². The number of pyridine rings is 1. The number of nitrogens with zero attached hydrogens (tertiary/aromatic N) is 2. The molecule has 0 fully saturated rings. The number of aromatic nitrogens is 1. The third kappa shape index (κ3) is 1.73. The van der Waals surface area contributed by atoms with Gasteiger partial charge in [-0.1, -0.05) is 13.8 Å². The highest BCUT2D eigenvalue weighted by Gasteiger charge is 2.25. The molecule has 0 aromatic carbocycles. The Balaban J connectivity index is 2.48. The molecule has 2 nitrogen and oxygen atoms in total. The van der Waals surface area contributed by atoms with Crippen molar-refractivity contribution in [2.24, 2.45) is 0 Å². The first-order valence-electron chi connectivity index (χ1n) is 5.85. The molecule has 1 aromatic rings. The lowest BCUT2D eigenvalue weighted by Gasteiger charge is -2.26.